The summed E-state index contributed by atoms with van der Waals surface area (Å²) in [7, 11) is 0. The molecule has 0 aromatic rings. The van der Waals surface area contributed by atoms with Crippen LogP contribution in [0.15, 0.2) is 0 Å². The van der Waals surface area contributed by atoms with Gasteiger partial charge < -0.3 is 5.32 Å². The minimum atomic E-state index is 0.689. The Bertz CT molecular complexity index is 205. The molecule has 1 heterocycles. The summed E-state index contributed by atoms with van der Waals surface area (Å²) in [6, 6.07) is 2.33. The van der Waals surface area contributed by atoms with Gasteiger partial charge in [-0.3, -0.25) is 4.90 Å². The second kappa shape index (κ2) is 4.84. The first-order valence-electron chi connectivity index (χ1n) is 6.75. The highest BCUT2D eigenvalue weighted by Crippen LogP contribution is 2.39. The number of nitrogens with one attached hydrogen (secondary N) is 1. The highest BCUT2D eigenvalue weighted by atomic mass is 15.2. The van der Waals surface area contributed by atoms with Crippen molar-refractivity contribution >= 4 is 0 Å². The molecule has 1 aliphatic carbocycles. The van der Waals surface area contributed by atoms with E-state index in [9.17, 15) is 0 Å². The Labute approximate surface area is 94.4 Å². The van der Waals surface area contributed by atoms with Crippen molar-refractivity contribution in [3.63, 3.8) is 0 Å². The monoisotopic (exact) mass is 210 g/mol. The normalized spacial score (nSPS) is 34.6. The van der Waals surface area contributed by atoms with Crippen LogP contribution >= 0.6 is 0 Å². The largest absolute Gasteiger partial charge is 0.313 e. The predicted octanol–water partition coefficient (Wildman–Crippen LogP) is 2.25. The third kappa shape index (κ3) is 2.21. The van der Waals surface area contributed by atoms with Gasteiger partial charge in [0.1, 0.15) is 0 Å². The summed E-state index contributed by atoms with van der Waals surface area (Å²) in [6.07, 6.45) is 5.68. The molecule has 15 heavy (non-hydrogen) atoms. The van der Waals surface area contributed by atoms with Crippen LogP contribution in [-0.4, -0.2) is 36.1 Å². The van der Waals surface area contributed by atoms with E-state index in [1.54, 1.807) is 0 Å². The van der Waals surface area contributed by atoms with E-state index in [1.165, 1.54) is 32.2 Å². The van der Waals surface area contributed by atoms with E-state index < -0.39 is 0 Å². The lowest BCUT2D eigenvalue weighted by molar-refractivity contribution is 0.127. The lowest BCUT2D eigenvalue weighted by Crippen LogP contribution is -2.50. The van der Waals surface area contributed by atoms with Crippen molar-refractivity contribution in [1.82, 2.24) is 10.2 Å². The average molecular weight is 210 g/mol. The molecular formula is C13H26N2. The van der Waals surface area contributed by atoms with E-state index >= 15 is 0 Å². The van der Waals surface area contributed by atoms with Crippen molar-refractivity contribution < 1.29 is 0 Å². The third-order valence-electron chi connectivity index (χ3n) is 4.46. The molecule has 0 spiro atoms. The molecule has 1 aliphatic heterocycles. The van der Waals surface area contributed by atoms with Crippen molar-refractivity contribution in [2.45, 2.75) is 64.6 Å². The van der Waals surface area contributed by atoms with Gasteiger partial charge in [-0.05, 0) is 45.1 Å². The molecule has 2 heteroatoms. The zero-order valence-electron chi connectivity index (χ0n) is 10.5. The third-order valence-corrected chi connectivity index (χ3v) is 4.46. The first-order valence-corrected chi connectivity index (χ1v) is 6.75. The van der Waals surface area contributed by atoms with E-state index in [0.717, 1.165) is 24.5 Å². The maximum atomic E-state index is 3.63. The Kier molecular flexibility index (Phi) is 3.68. The maximum absolute atomic E-state index is 3.63. The molecule has 2 nitrogen and oxygen atoms in total. The highest BCUT2D eigenvalue weighted by Gasteiger charge is 2.41. The highest BCUT2D eigenvalue weighted by molar-refractivity contribution is 4.96. The van der Waals surface area contributed by atoms with Gasteiger partial charge >= 0.3 is 0 Å². The lowest BCUT2D eigenvalue weighted by atomic mass is 10.0. The molecular weight excluding hydrogens is 184 g/mol. The molecule has 0 radical (unpaired) electrons. The second-order valence-corrected chi connectivity index (χ2v) is 5.34. The first-order chi connectivity index (χ1) is 7.26. The number of likely N-dealkylation sites (tertiary alicyclic amines) is 1. The molecule has 0 aromatic carbocycles. The van der Waals surface area contributed by atoms with Gasteiger partial charge in [0.2, 0.25) is 0 Å². The van der Waals surface area contributed by atoms with Gasteiger partial charge in [0.25, 0.3) is 0 Å². The smallest absolute Gasteiger partial charge is 0.0224 e. The molecule has 1 saturated carbocycles. The van der Waals surface area contributed by atoms with E-state index in [0.29, 0.717) is 6.04 Å². The topological polar surface area (TPSA) is 15.3 Å². The van der Waals surface area contributed by atoms with Crippen LogP contribution in [0.3, 0.4) is 0 Å². The summed E-state index contributed by atoms with van der Waals surface area (Å²) in [4.78, 5) is 2.77. The minimum Gasteiger partial charge on any atom is -0.313 e. The van der Waals surface area contributed by atoms with Crippen molar-refractivity contribution in [2.24, 2.45) is 5.92 Å². The second-order valence-electron chi connectivity index (χ2n) is 5.34. The number of hydrogen-bond donors (Lipinski definition) is 1. The first kappa shape index (κ1) is 11.4. The minimum absolute atomic E-state index is 0.689. The number of rotatable bonds is 5. The van der Waals surface area contributed by atoms with Crippen LogP contribution in [0.5, 0.6) is 0 Å². The fourth-order valence-electron chi connectivity index (χ4n) is 3.61. The molecule has 2 rings (SSSR count). The summed E-state index contributed by atoms with van der Waals surface area (Å²) in [5, 5.41) is 3.63. The molecule has 88 valence electrons. The SMILES string of the molecule is CCNC(CC)C(C)N1CC2CCC1C2. The standard InChI is InChI=1S/C13H26N2/c1-4-13(14-5-2)10(3)15-9-11-6-7-12(15)8-11/h10-14H,4-9H2,1-3H3. The summed E-state index contributed by atoms with van der Waals surface area (Å²) in [6.45, 7) is 9.40. The molecule has 1 N–H and O–H groups in total. The van der Waals surface area contributed by atoms with Gasteiger partial charge in [0, 0.05) is 24.7 Å². The van der Waals surface area contributed by atoms with Gasteiger partial charge in [-0.2, -0.15) is 0 Å². The van der Waals surface area contributed by atoms with Crippen LogP contribution in [0.2, 0.25) is 0 Å². The molecule has 2 aliphatic rings. The lowest BCUT2D eigenvalue weighted by Gasteiger charge is -2.37. The van der Waals surface area contributed by atoms with Crippen LogP contribution < -0.4 is 5.32 Å². The predicted molar refractivity (Wildman–Crippen MR) is 65.1 cm³/mol. The summed E-state index contributed by atoms with van der Waals surface area (Å²) in [5.41, 5.74) is 0. The van der Waals surface area contributed by atoms with Crippen molar-refractivity contribution in [1.29, 1.82) is 0 Å². The molecule has 4 unspecified atom stereocenters. The van der Waals surface area contributed by atoms with E-state index in [2.05, 4.69) is 31.0 Å². The van der Waals surface area contributed by atoms with Crippen molar-refractivity contribution in [3.8, 4) is 0 Å². The van der Waals surface area contributed by atoms with E-state index in [4.69, 9.17) is 0 Å². The zero-order chi connectivity index (χ0) is 10.8. The van der Waals surface area contributed by atoms with Crippen molar-refractivity contribution in [2.75, 3.05) is 13.1 Å². The van der Waals surface area contributed by atoms with Crippen molar-refractivity contribution in [3.05, 3.63) is 0 Å². The van der Waals surface area contributed by atoms with Crippen LogP contribution in [0.1, 0.15) is 46.5 Å². The van der Waals surface area contributed by atoms with Gasteiger partial charge in [-0.25, -0.2) is 0 Å². The molecule has 2 bridgehead atoms. The Morgan fingerprint density at radius 3 is 2.60 bits per heavy atom. The fraction of sp³-hybridized carbons (Fsp3) is 1.00. The molecule has 4 atom stereocenters. The fourth-order valence-corrected chi connectivity index (χ4v) is 3.61. The Balaban J connectivity index is 1.91. The molecule has 0 aromatic heterocycles. The average Bonchev–Trinajstić information content (AvgIpc) is 2.86. The van der Waals surface area contributed by atoms with Gasteiger partial charge in [-0.15, -0.1) is 0 Å². The van der Waals surface area contributed by atoms with Crippen LogP contribution in [-0.2, 0) is 0 Å². The van der Waals surface area contributed by atoms with Gasteiger partial charge in [0.05, 0.1) is 0 Å². The van der Waals surface area contributed by atoms with Crippen LogP contribution in [0.25, 0.3) is 0 Å². The number of nitrogens with zero attached hydrogens (tertiary/aromatic N) is 1. The number of piperidine rings is 1. The Hall–Kier alpha value is -0.0800. The number of fused-ring (bicyclic) bond motifs is 2. The summed E-state index contributed by atoms with van der Waals surface area (Å²) >= 11 is 0. The van der Waals surface area contributed by atoms with E-state index in [1.807, 2.05) is 0 Å². The zero-order valence-corrected chi connectivity index (χ0v) is 10.5. The Morgan fingerprint density at radius 1 is 1.33 bits per heavy atom. The van der Waals surface area contributed by atoms with Crippen LogP contribution in [0.4, 0.5) is 0 Å². The number of likely N-dealkylation sites (N-methyl/N-ethyl adjacent to an activating group) is 1. The van der Waals surface area contributed by atoms with Gasteiger partial charge in [0.15, 0.2) is 0 Å². The quantitative estimate of drug-likeness (QED) is 0.749. The summed E-state index contributed by atoms with van der Waals surface area (Å²) < 4.78 is 0. The molecule has 0 amide bonds. The number of hydrogen-bond acceptors (Lipinski definition) is 2. The Morgan fingerprint density at radius 2 is 2.13 bits per heavy atom. The van der Waals surface area contributed by atoms with Crippen LogP contribution in [0, 0.1) is 5.92 Å². The molecule has 2 fully saturated rings. The molecule has 1 saturated heterocycles. The van der Waals surface area contributed by atoms with E-state index in [-0.39, 0.29) is 0 Å². The van der Waals surface area contributed by atoms with Gasteiger partial charge in [-0.1, -0.05) is 13.8 Å². The summed E-state index contributed by atoms with van der Waals surface area (Å²) in [5.74, 6) is 1.02. The maximum Gasteiger partial charge on any atom is 0.0224 e.